The molecule has 0 aromatic carbocycles. The first-order valence-electron chi connectivity index (χ1n) is 4.89. The summed E-state index contributed by atoms with van der Waals surface area (Å²) in [4.78, 5) is 11.1. The van der Waals surface area contributed by atoms with Gasteiger partial charge in [0.05, 0.1) is 6.10 Å². The van der Waals surface area contributed by atoms with Gasteiger partial charge in [-0.1, -0.05) is 27.7 Å². The highest BCUT2D eigenvalue weighted by molar-refractivity contribution is 5.77. The lowest BCUT2D eigenvalue weighted by molar-refractivity contribution is -0.124. The monoisotopic (exact) mass is 187 g/mol. The second-order valence-electron chi connectivity index (χ2n) is 4.18. The van der Waals surface area contributed by atoms with Crippen LogP contribution < -0.4 is 5.32 Å². The summed E-state index contributed by atoms with van der Waals surface area (Å²) in [6.45, 7) is 8.14. The number of amides is 1. The minimum Gasteiger partial charge on any atom is -0.391 e. The number of aliphatic hydroxyl groups is 1. The van der Waals surface area contributed by atoms with Crippen LogP contribution in [0.5, 0.6) is 0 Å². The molecule has 0 bridgehead atoms. The molecular formula is C10H21NO2. The van der Waals surface area contributed by atoms with E-state index < -0.39 is 6.10 Å². The summed E-state index contributed by atoms with van der Waals surface area (Å²) in [6.07, 6.45) is 0.320. The van der Waals surface area contributed by atoms with E-state index in [4.69, 9.17) is 0 Å². The van der Waals surface area contributed by atoms with E-state index in [0.717, 1.165) is 6.42 Å². The van der Waals surface area contributed by atoms with Gasteiger partial charge in [-0.15, -0.1) is 0 Å². The second kappa shape index (κ2) is 5.97. The van der Waals surface area contributed by atoms with Crippen molar-refractivity contribution in [2.45, 2.75) is 40.2 Å². The molecule has 0 unspecified atom stereocenters. The van der Waals surface area contributed by atoms with E-state index in [1.807, 2.05) is 27.7 Å². The minimum atomic E-state index is -0.414. The van der Waals surface area contributed by atoms with Gasteiger partial charge in [-0.05, 0) is 12.3 Å². The van der Waals surface area contributed by atoms with Crippen LogP contribution in [0.1, 0.15) is 34.1 Å². The molecule has 0 saturated heterocycles. The summed E-state index contributed by atoms with van der Waals surface area (Å²) in [5.41, 5.74) is 0. The first-order chi connectivity index (χ1) is 5.93. The molecule has 0 aliphatic heterocycles. The minimum absolute atomic E-state index is 0.00260. The molecule has 0 spiro atoms. The molecule has 0 radical (unpaired) electrons. The van der Waals surface area contributed by atoms with Crippen LogP contribution in [0.2, 0.25) is 0 Å². The van der Waals surface area contributed by atoms with E-state index in [1.54, 1.807) is 0 Å². The number of carbonyl (C=O) groups is 1. The Morgan fingerprint density at radius 2 is 1.85 bits per heavy atom. The third kappa shape index (κ3) is 6.58. The maximum atomic E-state index is 11.1. The molecule has 78 valence electrons. The Morgan fingerprint density at radius 1 is 1.31 bits per heavy atom. The van der Waals surface area contributed by atoms with Crippen LogP contribution in [0.15, 0.2) is 0 Å². The van der Waals surface area contributed by atoms with E-state index >= 15 is 0 Å². The van der Waals surface area contributed by atoms with Gasteiger partial charge in [0.25, 0.3) is 0 Å². The third-order valence-electron chi connectivity index (χ3n) is 1.78. The molecule has 0 aromatic heterocycles. The Labute approximate surface area is 80.5 Å². The standard InChI is InChI=1S/C10H21NO2/c1-7(2)5-9(12)6-11-10(13)8(3)4/h7-9,12H,5-6H2,1-4H3,(H,11,13)/t9-/m0/s1. The van der Waals surface area contributed by atoms with Crippen molar-refractivity contribution in [3.05, 3.63) is 0 Å². The average molecular weight is 187 g/mol. The van der Waals surface area contributed by atoms with Gasteiger partial charge in [0, 0.05) is 12.5 Å². The van der Waals surface area contributed by atoms with Crippen molar-refractivity contribution in [2.75, 3.05) is 6.54 Å². The van der Waals surface area contributed by atoms with Gasteiger partial charge in [0.15, 0.2) is 0 Å². The molecule has 0 aliphatic rings. The normalized spacial score (nSPS) is 13.5. The van der Waals surface area contributed by atoms with Crippen LogP contribution in [0.3, 0.4) is 0 Å². The quantitative estimate of drug-likeness (QED) is 0.678. The van der Waals surface area contributed by atoms with Gasteiger partial charge >= 0.3 is 0 Å². The Bertz CT molecular complexity index is 155. The van der Waals surface area contributed by atoms with Crippen molar-refractivity contribution < 1.29 is 9.90 Å². The van der Waals surface area contributed by atoms with E-state index in [2.05, 4.69) is 5.32 Å². The van der Waals surface area contributed by atoms with E-state index in [1.165, 1.54) is 0 Å². The van der Waals surface area contributed by atoms with Gasteiger partial charge in [0.1, 0.15) is 0 Å². The predicted molar refractivity (Wildman–Crippen MR) is 53.3 cm³/mol. The zero-order valence-electron chi connectivity index (χ0n) is 9.00. The van der Waals surface area contributed by atoms with Gasteiger partial charge in [0.2, 0.25) is 5.91 Å². The van der Waals surface area contributed by atoms with Crippen LogP contribution in [0, 0.1) is 11.8 Å². The zero-order valence-corrected chi connectivity index (χ0v) is 9.00. The Morgan fingerprint density at radius 3 is 2.23 bits per heavy atom. The summed E-state index contributed by atoms with van der Waals surface area (Å²) in [5, 5.41) is 12.1. The fourth-order valence-corrected chi connectivity index (χ4v) is 1.05. The topological polar surface area (TPSA) is 49.3 Å². The fourth-order valence-electron chi connectivity index (χ4n) is 1.05. The summed E-state index contributed by atoms with van der Waals surface area (Å²) in [5.74, 6) is 0.458. The largest absolute Gasteiger partial charge is 0.391 e. The molecule has 13 heavy (non-hydrogen) atoms. The molecule has 0 aliphatic carbocycles. The Kier molecular flexibility index (Phi) is 5.71. The number of nitrogens with one attached hydrogen (secondary N) is 1. The van der Waals surface area contributed by atoms with Gasteiger partial charge in [-0.25, -0.2) is 0 Å². The Balaban J connectivity index is 3.58. The molecule has 1 amide bonds. The SMILES string of the molecule is CC(C)C[C@H](O)CNC(=O)C(C)C. The predicted octanol–water partition coefficient (Wildman–Crippen LogP) is 1.17. The molecule has 3 heteroatoms. The zero-order chi connectivity index (χ0) is 10.4. The molecule has 0 aromatic rings. The summed E-state index contributed by atoms with van der Waals surface area (Å²) >= 11 is 0. The number of hydrogen-bond donors (Lipinski definition) is 2. The maximum absolute atomic E-state index is 11.1. The summed E-state index contributed by atoms with van der Waals surface area (Å²) in [7, 11) is 0. The summed E-state index contributed by atoms with van der Waals surface area (Å²) < 4.78 is 0. The van der Waals surface area contributed by atoms with Crippen molar-refractivity contribution in [3.63, 3.8) is 0 Å². The maximum Gasteiger partial charge on any atom is 0.222 e. The van der Waals surface area contributed by atoms with Crippen molar-refractivity contribution >= 4 is 5.91 Å². The first kappa shape index (κ1) is 12.4. The van der Waals surface area contributed by atoms with Gasteiger partial charge in [-0.3, -0.25) is 4.79 Å². The highest BCUT2D eigenvalue weighted by Crippen LogP contribution is 2.03. The molecule has 0 fully saturated rings. The molecule has 3 nitrogen and oxygen atoms in total. The third-order valence-corrected chi connectivity index (χ3v) is 1.78. The molecule has 0 rings (SSSR count). The molecular weight excluding hydrogens is 166 g/mol. The van der Waals surface area contributed by atoms with E-state index in [9.17, 15) is 9.90 Å². The lowest BCUT2D eigenvalue weighted by Gasteiger charge is -2.14. The smallest absolute Gasteiger partial charge is 0.222 e. The van der Waals surface area contributed by atoms with Gasteiger partial charge < -0.3 is 10.4 Å². The average Bonchev–Trinajstić information content (AvgIpc) is 1.98. The van der Waals surface area contributed by atoms with Crippen LogP contribution in [0.4, 0.5) is 0 Å². The summed E-state index contributed by atoms with van der Waals surface area (Å²) in [6, 6.07) is 0. The fraction of sp³-hybridized carbons (Fsp3) is 0.900. The van der Waals surface area contributed by atoms with Crippen molar-refractivity contribution in [3.8, 4) is 0 Å². The lowest BCUT2D eigenvalue weighted by atomic mass is 10.1. The number of rotatable bonds is 5. The highest BCUT2D eigenvalue weighted by atomic mass is 16.3. The highest BCUT2D eigenvalue weighted by Gasteiger charge is 2.10. The van der Waals surface area contributed by atoms with E-state index in [0.29, 0.717) is 12.5 Å². The van der Waals surface area contributed by atoms with Crippen molar-refractivity contribution in [1.82, 2.24) is 5.32 Å². The second-order valence-corrected chi connectivity index (χ2v) is 4.18. The molecule has 0 saturated carbocycles. The van der Waals surface area contributed by atoms with E-state index in [-0.39, 0.29) is 11.8 Å². The lowest BCUT2D eigenvalue weighted by Crippen LogP contribution is -2.35. The van der Waals surface area contributed by atoms with Gasteiger partial charge in [-0.2, -0.15) is 0 Å². The van der Waals surface area contributed by atoms with Crippen molar-refractivity contribution in [1.29, 1.82) is 0 Å². The van der Waals surface area contributed by atoms with Crippen molar-refractivity contribution in [2.24, 2.45) is 11.8 Å². The van der Waals surface area contributed by atoms with Crippen LogP contribution in [0.25, 0.3) is 0 Å². The number of carbonyl (C=O) groups excluding carboxylic acids is 1. The number of aliphatic hydroxyl groups excluding tert-OH is 1. The molecule has 0 heterocycles. The van der Waals surface area contributed by atoms with Crippen LogP contribution >= 0.6 is 0 Å². The van der Waals surface area contributed by atoms with Crippen LogP contribution in [-0.4, -0.2) is 23.7 Å². The number of hydrogen-bond acceptors (Lipinski definition) is 2. The molecule has 2 N–H and O–H groups in total. The Hall–Kier alpha value is -0.570. The molecule has 1 atom stereocenters. The first-order valence-corrected chi connectivity index (χ1v) is 4.89. The van der Waals surface area contributed by atoms with Crippen LogP contribution in [-0.2, 0) is 4.79 Å².